The van der Waals surface area contributed by atoms with Gasteiger partial charge < -0.3 is 14.8 Å². The molecular weight excluding hydrogens is 426 g/mol. The molecule has 3 rings (SSSR count). The molecule has 2 aromatic carbocycles. The number of carbonyl (C=O) groups is 1. The van der Waals surface area contributed by atoms with E-state index >= 15 is 0 Å². The van der Waals surface area contributed by atoms with E-state index in [2.05, 4.69) is 15.0 Å². The van der Waals surface area contributed by atoms with Gasteiger partial charge in [0.1, 0.15) is 11.5 Å². The zero-order chi connectivity index (χ0) is 21.6. The fourth-order valence-electron chi connectivity index (χ4n) is 2.66. The van der Waals surface area contributed by atoms with Crippen LogP contribution in [-0.4, -0.2) is 39.1 Å². The van der Waals surface area contributed by atoms with Crippen LogP contribution in [0.25, 0.3) is 10.2 Å². The Balaban J connectivity index is 1.53. The smallest absolute Gasteiger partial charge is 0.240 e. The van der Waals surface area contributed by atoms with Gasteiger partial charge in [-0.3, -0.25) is 4.79 Å². The highest BCUT2D eigenvalue weighted by atomic mass is 32.2. The highest BCUT2D eigenvalue weighted by Gasteiger charge is 2.15. The van der Waals surface area contributed by atoms with E-state index in [1.807, 2.05) is 32.0 Å². The van der Waals surface area contributed by atoms with Crippen molar-refractivity contribution in [3.8, 4) is 11.5 Å². The molecule has 10 heteroatoms. The maximum absolute atomic E-state index is 12.3. The van der Waals surface area contributed by atoms with Crippen LogP contribution in [0.1, 0.15) is 20.3 Å². The topological polar surface area (TPSA) is 107 Å². The van der Waals surface area contributed by atoms with E-state index in [1.54, 1.807) is 12.1 Å². The van der Waals surface area contributed by atoms with Crippen LogP contribution in [-0.2, 0) is 14.8 Å². The summed E-state index contributed by atoms with van der Waals surface area (Å²) in [4.78, 5) is 16.7. The summed E-state index contributed by atoms with van der Waals surface area (Å²) in [5.74, 6) is 1.02. The molecule has 2 N–H and O–H groups in total. The number of nitrogens with one attached hydrogen (secondary N) is 2. The second-order valence-electron chi connectivity index (χ2n) is 6.18. The summed E-state index contributed by atoms with van der Waals surface area (Å²) < 4.78 is 38.8. The van der Waals surface area contributed by atoms with E-state index in [0.29, 0.717) is 24.1 Å². The Hall–Kier alpha value is -2.69. The number of amides is 1. The molecule has 160 valence electrons. The summed E-state index contributed by atoms with van der Waals surface area (Å²) in [6.45, 7) is 4.80. The molecule has 0 aliphatic carbocycles. The Labute approximate surface area is 179 Å². The monoisotopic (exact) mass is 449 g/mol. The molecule has 1 amide bonds. The van der Waals surface area contributed by atoms with Gasteiger partial charge in [-0.05, 0) is 56.3 Å². The number of hydrogen-bond donors (Lipinski definition) is 2. The SMILES string of the molecule is CCOc1ccc(S(=O)(=O)NCCC(=O)Nc2nc3ccc(OCC)cc3s2)cc1. The standard InChI is InChI=1S/C20H23N3O5S2/c1-3-27-14-5-8-16(9-6-14)30(25,26)21-12-11-19(24)23-20-22-17-10-7-15(28-4-2)13-18(17)29-20/h5-10,13,21H,3-4,11-12H2,1-2H3,(H,22,23,24). The Bertz CT molecular complexity index is 1110. The highest BCUT2D eigenvalue weighted by Crippen LogP contribution is 2.29. The van der Waals surface area contributed by atoms with Crippen molar-refractivity contribution in [1.82, 2.24) is 9.71 Å². The van der Waals surface area contributed by atoms with Gasteiger partial charge in [0.05, 0.1) is 28.3 Å². The summed E-state index contributed by atoms with van der Waals surface area (Å²) >= 11 is 1.33. The Morgan fingerprint density at radius 1 is 1.03 bits per heavy atom. The van der Waals surface area contributed by atoms with E-state index < -0.39 is 10.0 Å². The third-order valence-corrected chi connectivity index (χ3v) is 6.42. The normalized spacial score (nSPS) is 11.4. The van der Waals surface area contributed by atoms with E-state index in [9.17, 15) is 13.2 Å². The third-order valence-electron chi connectivity index (χ3n) is 4.01. The first-order valence-electron chi connectivity index (χ1n) is 9.47. The van der Waals surface area contributed by atoms with E-state index in [-0.39, 0.29) is 23.8 Å². The number of hydrogen-bond acceptors (Lipinski definition) is 7. The fraction of sp³-hybridized carbons (Fsp3) is 0.300. The molecule has 0 saturated carbocycles. The summed E-state index contributed by atoms with van der Waals surface area (Å²) in [6, 6.07) is 11.6. The summed E-state index contributed by atoms with van der Waals surface area (Å²) in [5, 5.41) is 3.16. The number of carbonyl (C=O) groups excluding carboxylic acids is 1. The van der Waals surface area contributed by atoms with E-state index in [1.165, 1.54) is 23.5 Å². The number of thiazole rings is 1. The van der Waals surface area contributed by atoms with Crippen molar-refractivity contribution in [2.45, 2.75) is 25.2 Å². The second kappa shape index (κ2) is 9.88. The number of anilines is 1. The molecule has 0 aliphatic rings. The summed E-state index contributed by atoms with van der Waals surface area (Å²) in [6.07, 6.45) is -0.0175. The molecule has 0 atom stereocenters. The third kappa shape index (κ3) is 5.68. The van der Waals surface area contributed by atoms with Crippen LogP contribution < -0.4 is 19.5 Å². The molecule has 0 unspecified atom stereocenters. The van der Waals surface area contributed by atoms with Gasteiger partial charge in [-0.15, -0.1) is 0 Å². The van der Waals surface area contributed by atoms with Crippen LogP contribution in [0.3, 0.4) is 0 Å². The maximum Gasteiger partial charge on any atom is 0.240 e. The lowest BCUT2D eigenvalue weighted by atomic mass is 10.3. The predicted octanol–water partition coefficient (Wildman–Crippen LogP) is 3.40. The predicted molar refractivity (Wildman–Crippen MR) is 117 cm³/mol. The van der Waals surface area contributed by atoms with E-state index in [4.69, 9.17) is 9.47 Å². The van der Waals surface area contributed by atoms with Gasteiger partial charge in [-0.25, -0.2) is 18.1 Å². The molecule has 0 spiro atoms. The Morgan fingerprint density at radius 3 is 2.40 bits per heavy atom. The van der Waals surface area contributed by atoms with Crippen molar-refractivity contribution in [2.75, 3.05) is 25.1 Å². The quantitative estimate of drug-likeness (QED) is 0.491. The van der Waals surface area contributed by atoms with Crippen molar-refractivity contribution in [3.63, 3.8) is 0 Å². The number of fused-ring (bicyclic) bond motifs is 1. The first-order valence-corrected chi connectivity index (χ1v) is 11.8. The fourth-order valence-corrected chi connectivity index (χ4v) is 4.60. The van der Waals surface area contributed by atoms with Gasteiger partial charge in [0.25, 0.3) is 0 Å². The second-order valence-corrected chi connectivity index (χ2v) is 8.98. The van der Waals surface area contributed by atoms with Crippen molar-refractivity contribution in [1.29, 1.82) is 0 Å². The lowest BCUT2D eigenvalue weighted by molar-refractivity contribution is -0.116. The van der Waals surface area contributed by atoms with Crippen LogP contribution in [0, 0.1) is 0 Å². The minimum Gasteiger partial charge on any atom is -0.494 e. The molecule has 30 heavy (non-hydrogen) atoms. The molecule has 0 radical (unpaired) electrons. The van der Waals surface area contributed by atoms with Crippen molar-refractivity contribution < 1.29 is 22.7 Å². The minimum absolute atomic E-state index is 0.0175. The lowest BCUT2D eigenvalue weighted by Gasteiger charge is -2.08. The average Bonchev–Trinajstić information content (AvgIpc) is 3.10. The zero-order valence-corrected chi connectivity index (χ0v) is 18.3. The first kappa shape index (κ1) is 22.0. The summed E-state index contributed by atoms with van der Waals surface area (Å²) in [7, 11) is -3.70. The molecule has 0 fully saturated rings. The van der Waals surface area contributed by atoms with Gasteiger partial charge >= 0.3 is 0 Å². The van der Waals surface area contributed by atoms with Crippen molar-refractivity contribution in [3.05, 3.63) is 42.5 Å². The van der Waals surface area contributed by atoms with Crippen LogP contribution >= 0.6 is 11.3 Å². The number of nitrogens with zero attached hydrogens (tertiary/aromatic N) is 1. The molecular formula is C20H23N3O5S2. The number of aromatic nitrogens is 1. The molecule has 0 aliphatic heterocycles. The van der Waals surface area contributed by atoms with Crippen LogP contribution in [0.2, 0.25) is 0 Å². The average molecular weight is 450 g/mol. The molecule has 0 bridgehead atoms. The van der Waals surface area contributed by atoms with Gasteiger partial charge in [0.2, 0.25) is 15.9 Å². The van der Waals surface area contributed by atoms with Crippen LogP contribution in [0.4, 0.5) is 5.13 Å². The first-order chi connectivity index (χ1) is 14.4. The number of ether oxygens (including phenoxy) is 2. The van der Waals surface area contributed by atoms with Crippen molar-refractivity contribution >= 4 is 42.6 Å². The Morgan fingerprint density at radius 2 is 1.70 bits per heavy atom. The molecule has 1 heterocycles. The Kier molecular flexibility index (Phi) is 7.24. The number of rotatable bonds is 10. The molecule has 1 aromatic heterocycles. The summed E-state index contributed by atoms with van der Waals surface area (Å²) in [5.41, 5.74) is 0.759. The number of benzene rings is 2. The van der Waals surface area contributed by atoms with Gasteiger partial charge in [-0.1, -0.05) is 11.3 Å². The number of sulfonamides is 1. The molecule has 8 nitrogen and oxygen atoms in total. The van der Waals surface area contributed by atoms with Gasteiger partial charge in [0.15, 0.2) is 5.13 Å². The largest absolute Gasteiger partial charge is 0.494 e. The molecule has 0 saturated heterocycles. The highest BCUT2D eigenvalue weighted by molar-refractivity contribution is 7.89. The van der Waals surface area contributed by atoms with Gasteiger partial charge in [-0.2, -0.15) is 0 Å². The zero-order valence-electron chi connectivity index (χ0n) is 16.7. The van der Waals surface area contributed by atoms with Gasteiger partial charge in [0, 0.05) is 13.0 Å². The molecule has 3 aromatic rings. The van der Waals surface area contributed by atoms with E-state index in [0.717, 1.165) is 16.0 Å². The maximum atomic E-state index is 12.3. The van der Waals surface area contributed by atoms with Crippen LogP contribution in [0.5, 0.6) is 11.5 Å². The van der Waals surface area contributed by atoms with Crippen LogP contribution in [0.15, 0.2) is 47.4 Å². The minimum atomic E-state index is -3.70. The lowest BCUT2D eigenvalue weighted by Crippen LogP contribution is -2.27. The van der Waals surface area contributed by atoms with Crippen molar-refractivity contribution in [2.24, 2.45) is 0 Å².